The minimum Gasteiger partial charge on any atom is -0.361 e. The molecule has 0 saturated carbocycles. The van der Waals surface area contributed by atoms with Crippen molar-refractivity contribution in [2.45, 2.75) is 6.92 Å². The van der Waals surface area contributed by atoms with E-state index in [4.69, 9.17) is 5.53 Å². The van der Waals surface area contributed by atoms with E-state index in [1.807, 2.05) is 0 Å². The van der Waals surface area contributed by atoms with Crippen molar-refractivity contribution < 1.29 is 14.4 Å². The molecule has 0 aromatic rings. The van der Waals surface area contributed by atoms with E-state index < -0.39 is 5.91 Å². The molecule has 0 fully saturated rings. The van der Waals surface area contributed by atoms with Gasteiger partial charge >= 0.3 is 12.1 Å². The first kappa shape index (κ1) is 10.3. The van der Waals surface area contributed by atoms with Crippen LogP contribution in [0, 0.1) is 0 Å². The van der Waals surface area contributed by atoms with Gasteiger partial charge in [0.25, 0.3) is 0 Å². The normalized spacial score (nSPS) is 8.08. The zero-order valence-corrected chi connectivity index (χ0v) is 6.70. The molecule has 2 N–H and O–H groups in total. The highest BCUT2D eigenvalue weighted by atomic mass is 16.2. The maximum Gasteiger partial charge on any atom is 0.344 e. The summed E-state index contributed by atoms with van der Waals surface area (Å²) >= 11 is 0. The van der Waals surface area contributed by atoms with Crippen molar-refractivity contribution in [3.8, 4) is 0 Å². The molecule has 0 saturated heterocycles. The minimum atomic E-state index is -0.608. The Bertz CT molecular complexity index is 220. The van der Waals surface area contributed by atoms with Crippen molar-refractivity contribution >= 4 is 18.0 Å². The molecule has 0 spiro atoms. The van der Waals surface area contributed by atoms with E-state index in [2.05, 4.69) is 15.4 Å². The number of hydrogen-bond acceptors (Lipinski definition) is 2. The van der Waals surface area contributed by atoms with Gasteiger partial charge in [0.2, 0.25) is 5.91 Å². The first-order valence-electron chi connectivity index (χ1n) is 3.42. The Morgan fingerprint density at radius 2 is 2.17 bits per heavy atom. The summed E-state index contributed by atoms with van der Waals surface area (Å²) in [5, 5.41) is 4.69. The third kappa shape index (κ3) is 5.13. The van der Waals surface area contributed by atoms with E-state index >= 15 is 0 Å². The van der Waals surface area contributed by atoms with Crippen LogP contribution in [0.1, 0.15) is 6.92 Å². The fraction of sp³-hybridized carbons (Fsp3) is 0.500. The minimum absolute atomic E-state index is 0.112. The summed E-state index contributed by atoms with van der Waals surface area (Å²) in [6.45, 7) is 2.18. The lowest BCUT2D eigenvalue weighted by Crippen LogP contribution is -2.37. The maximum atomic E-state index is 10.7. The second-order valence-electron chi connectivity index (χ2n) is 1.92. The van der Waals surface area contributed by atoms with Gasteiger partial charge in [-0.25, -0.2) is 0 Å². The molecule has 0 atom stereocenters. The SMILES string of the molecule is CCNC(=O)CNC(=O)C=[N+]=[N-]. The van der Waals surface area contributed by atoms with Gasteiger partial charge in [-0.2, -0.15) is 4.79 Å². The number of hydrogen-bond donors (Lipinski definition) is 2. The number of nitrogens with zero attached hydrogens (tertiary/aromatic N) is 2. The highest BCUT2D eigenvalue weighted by Crippen LogP contribution is 1.63. The molecule has 0 bridgehead atoms. The van der Waals surface area contributed by atoms with Gasteiger partial charge in [-0.05, 0) is 6.92 Å². The maximum absolute atomic E-state index is 10.7. The van der Waals surface area contributed by atoms with Crippen LogP contribution < -0.4 is 10.6 Å². The summed E-state index contributed by atoms with van der Waals surface area (Å²) in [6, 6.07) is 0. The molecule has 0 aromatic carbocycles. The second-order valence-corrected chi connectivity index (χ2v) is 1.92. The molecule has 0 rings (SSSR count). The molecule has 0 aliphatic carbocycles. The zero-order chi connectivity index (χ0) is 9.40. The Hall–Kier alpha value is -1.68. The van der Waals surface area contributed by atoms with Gasteiger partial charge in [0.05, 0.1) is 6.54 Å². The van der Waals surface area contributed by atoms with Crippen LogP contribution in [0.4, 0.5) is 0 Å². The lowest BCUT2D eigenvalue weighted by Gasteiger charge is -1.99. The Kier molecular flexibility index (Phi) is 5.21. The van der Waals surface area contributed by atoms with E-state index in [0.717, 1.165) is 0 Å². The van der Waals surface area contributed by atoms with Crippen molar-refractivity contribution in [1.82, 2.24) is 10.6 Å². The lowest BCUT2D eigenvalue weighted by molar-refractivity contribution is -0.124. The van der Waals surface area contributed by atoms with E-state index in [1.54, 1.807) is 6.92 Å². The highest BCUT2D eigenvalue weighted by Gasteiger charge is 2.03. The molecule has 6 heteroatoms. The van der Waals surface area contributed by atoms with E-state index in [-0.39, 0.29) is 12.5 Å². The first-order chi connectivity index (χ1) is 5.70. The Labute approximate surface area is 69.6 Å². The van der Waals surface area contributed by atoms with Crippen LogP contribution in [-0.4, -0.2) is 35.9 Å². The Balaban J connectivity index is 3.61. The van der Waals surface area contributed by atoms with Gasteiger partial charge in [0, 0.05) is 6.54 Å². The van der Waals surface area contributed by atoms with Crippen molar-refractivity contribution in [2.75, 3.05) is 13.1 Å². The summed E-state index contributed by atoms with van der Waals surface area (Å²) in [6.07, 6.45) is 0.680. The lowest BCUT2D eigenvalue weighted by atomic mass is 10.5. The second kappa shape index (κ2) is 6.06. The van der Waals surface area contributed by atoms with Gasteiger partial charge in [-0.1, -0.05) is 0 Å². The molecule has 0 aliphatic heterocycles. The van der Waals surface area contributed by atoms with Gasteiger partial charge in [-0.15, -0.1) is 0 Å². The van der Waals surface area contributed by atoms with Crippen LogP contribution in [0.3, 0.4) is 0 Å². The summed E-state index contributed by atoms with van der Waals surface area (Å²) in [4.78, 5) is 23.8. The molecule has 6 nitrogen and oxygen atoms in total. The predicted octanol–water partition coefficient (Wildman–Crippen LogP) is -1.46. The Morgan fingerprint density at radius 3 is 2.67 bits per heavy atom. The zero-order valence-electron chi connectivity index (χ0n) is 6.70. The third-order valence-electron chi connectivity index (χ3n) is 0.972. The molecule has 0 radical (unpaired) electrons. The number of rotatable bonds is 4. The standard InChI is InChI=1S/C6H10N4O2/c1-2-8-5(11)3-9-6(12)4-10-7/h4H,2-3H2,1H3,(H,8,11)(H,9,12). The highest BCUT2D eigenvalue weighted by molar-refractivity contribution is 6.24. The van der Waals surface area contributed by atoms with E-state index in [9.17, 15) is 9.59 Å². The molecule has 0 aliphatic rings. The largest absolute Gasteiger partial charge is 0.361 e. The third-order valence-corrected chi connectivity index (χ3v) is 0.972. The molecule has 0 aromatic heterocycles. The smallest absolute Gasteiger partial charge is 0.344 e. The molecule has 12 heavy (non-hydrogen) atoms. The van der Waals surface area contributed by atoms with Gasteiger partial charge < -0.3 is 16.2 Å². The summed E-state index contributed by atoms with van der Waals surface area (Å²) in [7, 11) is 0. The van der Waals surface area contributed by atoms with Gasteiger partial charge in [0.15, 0.2) is 0 Å². The molecular formula is C6H10N4O2. The predicted molar refractivity (Wildman–Crippen MR) is 41.4 cm³/mol. The summed E-state index contributed by atoms with van der Waals surface area (Å²) in [5.41, 5.74) is 7.91. The summed E-state index contributed by atoms with van der Waals surface area (Å²) < 4.78 is 0. The van der Waals surface area contributed by atoms with Crippen LogP contribution in [-0.2, 0) is 9.59 Å². The van der Waals surface area contributed by atoms with Crippen LogP contribution in [0.15, 0.2) is 0 Å². The van der Waals surface area contributed by atoms with Gasteiger partial charge in [-0.3, -0.25) is 9.59 Å². The Morgan fingerprint density at radius 1 is 1.50 bits per heavy atom. The van der Waals surface area contributed by atoms with Crippen LogP contribution >= 0.6 is 0 Å². The first-order valence-corrected chi connectivity index (χ1v) is 3.42. The molecule has 0 heterocycles. The fourth-order valence-corrected chi connectivity index (χ4v) is 0.525. The van der Waals surface area contributed by atoms with Crippen LogP contribution in [0.2, 0.25) is 0 Å². The van der Waals surface area contributed by atoms with E-state index in [1.165, 1.54) is 0 Å². The molecule has 66 valence electrons. The quantitative estimate of drug-likeness (QED) is 0.306. The van der Waals surface area contributed by atoms with Crippen molar-refractivity contribution in [3.05, 3.63) is 5.53 Å². The number of carbonyl (C=O) groups excluding carboxylic acids is 2. The molecular weight excluding hydrogens is 160 g/mol. The average Bonchev–Trinajstić information content (AvgIpc) is 2.02. The monoisotopic (exact) mass is 170 g/mol. The molecule has 0 unspecified atom stereocenters. The molecule has 2 amide bonds. The topological polar surface area (TPSA) is 94.6 Å². The van der Waals surface area contributed by atoms with Crippen molar-refractivity contribution in [2.24, 2.45) is 0 Å². The number of likely N-dealkylation sites (N-methyl/N-ethyl adjacent to an activating group) is 1. The fourth-order valence-electron chi connectivity index (χ4n) is 0.525. The number of amides is 2. The number of carbonyl (C=O) groups is 2. The van der Waals surface area contributed by atoms with Crippen molar-refractivity contribution in [1.29, 1.82) is 0 Å². The number of nitrogens with one attached hydrogen (secondary N) is 2. The summed E-state index contributed by atoms with van der Waals surface area (Å²) in [5.74, 6) is -0.888. The van der Waals surface area contributed by atoms with Crippen LogP contribution in [0.25, 0.3) is 5.53 Å². The van der Waals surface area contributed by atoms with Crippen molar-refractivity contribution in [3.63, 3.8) is 0 Å². The van der Waals surface area contributed by atoms with E-state index in [0.29, 0.717) is 12.8 Å². The van der Waals surface area contributed by atoms with Gasteiger partial charge in [0.1, 0.15) is 0 Å². The van der Waals surface area contributed by atoms with Crippen LogP contribution in [0.5, 0.6) is 0 Å². The average molecular weight is 170 g/mol.